The third-order valence-corrected chi connectivity index (χ3v) is 4.08. The zero-order chi connectivity index (χ0) is 17.5. The molecule has 0 radical (unpaired) electrons. The van der Waals surface area contributed by atoms with E-state index in [4.69, 9.17) is 0 Å². The second-order valence-corrected chi connectivity index (χ2v) is 6.43. The Morgan fingerprint density at radius 2 is 2.04 bits per heavy atom. The zero-order valence-corrected chi connectivity index (χ0v) is 13.9. The van der Waals surface area contributed by atoms with Crippen molar-refractivity contribution in [2.24, 2.45) is 0 Å². The number of aryl methyl sites for hydroxylation is 1. The van der Waals surface area contributed by atoms with Gasteiger partial charge in [0.15, 0.2) is 0 Å². The second-order valence-electron chi connectivity index (χ2n) is 5.11. The normalized spacial score (nSPS) is 10.5. The highest BCUT2D eigenvalue weighted by molar-refractivity contribution is 7.11. The molecule has 0 aliphatic carbocycles. The van der Waals surface area contributed by atoms with Crippen LogP contribution in [-0.2, 0) is 11.3 Å². The largest absolute Gasteiger partial charge is 0.352 e. The van der Waals surface area contributed by atoms with Gasteiger partial charge >= 0.3 is 0 Å². The van der Waals surface area contributed by atoms with Gasteiger partial charge in [-0.05, 0) is 25.5 Å². The van der Waals surface area contributed by atoms with Crippen LogP contribution in [-0.4, -0.2) is 23.3 Å². The van der Waals surface area contributed by atoms with E-state index >= 15 is 0 Å². The Morgan fingerprint density at radius 3 is 2.71 bits per heavy atom. The first-order chi connectivity index (χ1) is 11.5. The Kier molecular flexibility index (Phi) is 6.36. The van der Waals surface area contributed by atoms with E-state index in [9.17, 15) is 18.4 Å². The first kappa shape index (κ1) is 18.0. The standard InChI is InChI=1S/C16H17F2N3O2S/c1-10-20-8-12(24-10)9-21-15(22)3-2-6-19-16(23)13-5-4-11(17)7-14(13)18/h4-5,7-8H,2-3,6,9H2,1H3,(H,19,23)(H,21,22). The summed E-state index contributed by atoms with van der Waals surface area (Å²) in [7, 11) is 0. The molecular formula is C16H17F2N3O2S. The van der Waals surface area contributed by atoms with Gasteiger partial charge < -0.3 is 10.6 Å². The molecule has 0 saturated carbocycles. The third-order valence-electron chi connectivity index (χ3n) is 3.17. The predicted octanol–water partition coefficient (Wildman–Crippen LogP) is 2.56. The van der Waals surface area contributed by atoms with Crippen LogP contribution in [0.5, 0.6) is 0 Å². The van der Waals surface area contributed by atoms with Crippen LogP contribution in [0.25, 0.3) is 0 Å². The molecule has 0 aliphatic heterocycles. The second kappa shape index (κ2) is 8.49. The number of hydrogen-bond acceptors (Lipinski definition) is 4. The molecule has 1 aromatic carbocycles. The molecule has 1 heterocycles. The van der Waals surface area contributed by atoms with Crippen molar-refractivity contribution in [1.29, 1.82) is 0 Å². The van der Waals surface area contributed by atoms with Crippen molar-refractivity contribution in [2.45, 2.75) is 26.3 Å². The van der Waals surface area contributed by atoms with Crippen molar-refractivity contribution in [1.82, 2.24) is 15.6 Å². The summed E-state index contributed by atoms with van der Waals surface area (Å²) >= 11 is 1.52. The Hall–Kier alpha value is -2.35. The smallest absolute Gasteiger partial charge is 0.254 e. The lowest BCUT2D eigenvalue weighted by atomic mass is 10.2. The van der Waals surface area contributed by atoms with Gasteiger partial charge in [-0.1, -0.05) is 0 Å². The first-order valence-electron chi connectivity index (χ1n) is 7.37. The summed E-state index contributed by atoms with van der Waals surface area (Å²) in [5, 5.41) is 6.21. The molecule has 5 nitrogen and oxygen atoms in total. The van der Waals surface area contributed by atoms with E-state index in [0.29, 0.717) is 19.0 Å². The summed E-state index contributed by atoms with van der Waals surface area (Å²) in [6.07, 6.45) is 2.38. The Labute approximate surface area is 142 Å². The maximum atomic E-state index is 13.4. The molecule has 0 aliphatic rings. The van der Waals surface area contributed by atoms with Gasteiger partial charge in [0.1, 0.15) is 11.6 Å². The van der Waals surface area contributed by atoms with E-state index in [1.165, 1.54) is 11.3 Å². The number of hydrogen-bond donors (Lipinski definition) is 2. The number of thiazole rings is 1. The lowest BCUT2D eigenvalue weighted by Gasteiger charge is -2.06. The fourth-order valence-corrected chi connectivity index (χ4v) is 2.72. The fraction of sp³-hybridized carbons (Fsp3) is 0.312. The van der Waals surface area contributed by atoms with Crippen LogP contribution in [0.4, 0.5) is 8.78 Å². The van der Waals surface area contributed by atoms with E-state index < -0.39 is 17.5 Å². The van der Waals surface area contributed by atoms with E-state index in [2.05, 4.69) is 15.6 Å². The van der Waals surface area contributed by atoms with Crippen LogP contribution in [0.15, 0.2) is 24.4 Å². The molecule has 0 spiro atoms. The van der Waals surface area contributed by atoms with E-state index in [1.54, 1.807) is 6.20 Å². The van der Waals surface area contributed by atoms with Gasteiger partial charge in [0, 0.05) is 30.1 Å². The number of nitrogens with zero attached hydrogens (tertiary/aromatic N) is 1. The summed E-state index contributed by atoms with van der Waals surface area (Å²) in [4.78, 5) is 28.5. The molecular weight excluding hydrogens is 336 g/mol. The van der Waals surface area contributed by atoms with Gasteiger partial charge in [-0.3, -0.25) is 9.59 Å². The monoisotopic (exact) mass is 353 g/mol. The van der Waals surface area contributed by atoms with E-state index in [-0.39, 0.29) is 24.4 Å². The number of amides is 2. The molecule has 2 rings (SSSR count). The van der Waals surface area contributed by atoms with Crippen molar-refractivity contribution < 1.29 is 18.4 Å². The number of carbonyl (C=O) groups is 2. The molecule has 0 unspecified atom stereocenters. The number of halogens is 2. The summed E-state index contributed by atoms with van der Waals surface area (Å²) in [5.74, 6) is -2.42. The minimum absolute atomic E-state index is 0.136. The summed E-state index contributed by atoms with van der Waals surface area (Å²) in [6.45, 7) is 2.54. The topological polar surface area (TPSA) is 71.1 Å². The van der Waals surface area contributed by atoms with Crippen molar-refractivity contribution >= 4 is 23.2 Å². The number of benzene rings is 1. The average molecular weight is 353 g/mol. The Morgan fingerprint density at radius 1 is 1.25 bits per heavy atom. The summed E-state index contributed by atoms with van der Waals surface area (Å²) < 4.78 is 26.2. The van der Waals surface area contributed by atoms with Gasteiger partial charge in [-0.15, -0.1) is 11.3 Å². The minimum Gasteiger partial charge on any atom is -0.352 e. The quantitative estimate of drug-likeness (QED) is 0.752. The number of aromatic nitrogens is 1. The number of rotatable bonds is 7. The Balaban J connectivity index is 1.66. The number of nitrogens with one attached hydrogen (secondary N) is 2. The van der Waals surface area contributed by atoms with Gasteiger partial charge in [0.2, 0.25) is 5.91 Å². The molecule has 24 heavy (non-hydrogen) atoms. The summed E-state index contributed by atoms with van der Waals surface area (Å²) in [6, 6.07) is 2.76. The zero-order valence-electron chi connectivity index (χ0n) is 13.1. The van der Waals surface area contributed by atoms with E-state index in [1.807, 2.05) is 6.92 Å². The van der Waals surface area contributed by atoms with Gasteiger partial charge in [-0.2, -0.15) is 0 Å². The van der Waals surface area contributed by atoms with Crippen LogP contribution < -0.4 is 10.6 Å². The van der Waals surface area contributed by atoms with Crippen LogP contribution in [0.3, 0.4) is 0 Å². The lowest BCUT2D eigenvalue weighted by Crippen LogP contribution is -2.27. The molecule has 2 N–H and O–H groups in total. The maximum Gasteiger partial charge on any atom is 0.254 e. The molecule has 0 bridgehead atoms. The highest BCUT2D eigenvalue weighted by Gasteiger charge is 2.12. The van der Waals surface area contributed by atoms with Crippen LogP contribution in [0.1, 0.15) is 33.1 Å². The molecule has 8 heteroatoms. The molecule has 2 aromatic rings. The number of carbonyl (C=O) groups excluding carboxylic acids is 2. The van der Waals surface area contributed by atoms with Gasteiger partial charge in [0.05, 0.1) is 17.1 Å². The highest BCUT2D eigenvalue weighted by Crippen LogP contribution is 2.11. The van der Waals surface area contributed by atoms with Crippen molar-refractivity contribution in [3.8, 4) is 0 Å². The van der Waals surface area contributed by atoms with Gasteiger partial charge in [-0.25, -0.2) is 13.8 Å². The average Bonchev–Trinajstić information content (AvgIpc) is 2.95. The third kappa shape index (κ3) is 5.38. The lowest BCUT2D eigenvalue weighted by molar-refractivity contribution is -0.121. The van der Waals surface area contributed by atoms with Gasteiger partial charge in [0.25, 0.3) is 5.91 Å². The van der Waals surface area contributed by atoms with Crippen LogP contribution in [0.2, 0.25) is 0 Å². The maximum absolute atomic E-state index is 13.4. The minimum atomic E-state index is -0.912. The first-order valence-corrected chi connectivity index (χ1v) is 8.18. The molecule has 128 valence electrons. The van der Waals surface area contributed by atoms with Crippen LogP contribution in [0, 0.1) is 18.6 Å². The Bertz CT molecular complexity index is 734. The molecule has 1 aromatic heterocycles. The van der Waals surface area contributed by atoms with Crippen molar-refractivity contribution in [3.05, 3.63) is 51.5 Å². The predicted molar refractivity (Wildman–Crippen MR) is 86.6 cm³/mol. The molecule has 0 fully saturated rings. The summed E-state index contributed by atoms with van der Waals surface area (Å²) in [5.41, 5.74) is -0.221. The molecule has 0 saturated heterocycles. The van der Waals surface area contributed by atoms with Crippen molar-refractivity contribution in [2.75, 3.05) is 6.54 Å². The van der Waals surface area contributed by atoms with Crippen molar-refractivity contribution in [3.63, 3.8) is 0 Å². The van der Waals surface area contributed by atoms with Crippen LogP contribution >= 0.6 is 11.3 Å². The highest BCUT2D eigenvalue weighted by atomic mass is 32.1. The molecule has 2 amide bonds. The van der Waals surface area contributed by atoms with E-state index in [0.717, 1.165) is 22.0 Å². The SMILES string of the molecule is Cc1ncc(CNC(=O)CCCNC(=O)c2ccc(F)cc2F)s1. The fourth-order valence-electron chi connectivity index (χ4n) is 1.98. The molecule has 0 atom stereocenters.